The van der Waals surface area contributed by atoms with Crippen molar-refractivity contribution in [2.24, 2.45) is 11.8 Å². The van der Waals surface area contributed by atoms with E-state index in [1.54, 1.807) is 0 Å². The smallest absolute Gasteiger partial charge is 0.341 e. The van der Waals surface area contributed by atoms with Crippen molar-refractivity contribution >= 4 is 25.6 Å². The Balaban J connectivity index is 1.69. The highest BCUT2D eigenvalue weighted by Gasteiger charge is 2.50. The highest BCUT2D eigenvalue weighted by Crippen LogP contribution is 2.36. The number of halogens is 6. The van der Waals surface area contributed by atoms with Gasteiger partial charge in [0.05, 0.1) is 26.9 Å². The monoisotopic (exact) mass is 578 g/mol. The van der Waals surface area contributed by atoms with Gasteiger partial charge in [-0.2, -0.15) is 26.3 Å². The summed E-state index contributed by atoms with van der Waals surface area (Å²) in [7, 11) is -8.14. The van der Waals surface area contributed by atoms with Crippen LogP contribution in [0, 0.1) is 11.8 Å². The number of benzene rings is 1. The van der Waals surface area contributed by atoms with Crippen molar-refractivity contribution in [1.82, 2.24) is 10.2 Å². The van der Waals surface area contributed by atoms with Crippen molar-refractivity contribution in [3.63, 3.8) is 0 Å². The van der Waals surface area contributed by atoms with Gasteiger partial charge in [0.1, 0.15) is 6.04 Å². The standard InChI is InChI=1S/C22H28F6N2O5S2/c1-13(37(34,35)17-5-3-4-15(10-17)21(23,24)25)14-6-8-30(9-7-14)20(31)19-18(36(2,32)33)11-16(12-29-19)22(26,27)28/h3-5,10,13-14,16,18-19,29H,6-9,11-12H2,1-2H3/t13-,16?,18?,19?/m0/s1. The fraction of sp³-hybridized carbons (Fsp3) is 0.682. The van der Waals surface area contributed by atoms with Gasteiger partial charge in [0.25, 0.3) is 0 Å². The molecule has 0 aliphatic carbocycles. The van der Waals surface area contributed by atoms with Crippen molar-refractivity contribution in [2.45, 2.75) is 60.0 Å². The molecular weight excluding hydrogens is 550 g/mol. The van der Waals surface area contributed by atoms with Gasteiger partial charge in [-0.05, 0) is 50.3 Å². The van der Waals surface area contributed by atoms with Crippen LogP contribution in [-0.4, -0.2) is 76.3 Å². The summed E-state index contributed by atoms with van der Waals surface area (Å²) >= 11 is 0. The maximum Gasteiger partial charge on any atom is 0.416 e. The fourth-order valence-electron chi connectivity index (χ4n) is 4.92. The van der Waals surface area contributed by atoms with Crippen LogP contribution in [0.1, 0.15) is 31.7 Å². The largest absolute Gasteiger partial charge is 0.416 e. The summed E-state index contributed by atoms with van der Waals surface area (Å²) in [5.74, 6) is -3.09. The number of sulfone groups is 2. The van der Waals surface area contributed by atoms with Crippen molar-refractivity contribution in [1.29, 1.82) is 0 Å². The summed E-state index contributed by atoms with van der Waals surface area (Å²) < 4.78 is 129. The minimum absolute atomic E-state index is 0.0311. The number of amides is 1. The second kappa shape index (κ2) is 10.4. The Morgan fingerprint density at radius 1 is 1.05 bits per heavy atom. The molecule has 15 heteroatoms. The second-order valence-electron chi connectivity index (χ2n) is 9.67. The molecule has 1 amide bonds. The van der Waals surface area contributed by atoms with Crippen molar-refractivity contribution in [3.8, 4) is 0 Å². The zero-order valence-corrected chi connectivity index (χ0v) is 21.6. The molecule has 2 saturated heterocycles. The maximum atomic E-state index is 13.2. The lowest BCUT2D eigenvalue weighted by atomic mass is 9.91. The number of nitrogens with zero attached hydrogens (tertiary/aromatic N) is 1. The normalized spacial score (nSPS) is 25.6. The molecule has 3 unspecified atom stereocenters. The Morgan fingerprint density at radius 3 is 2.16 bits per heavy atom. The van der Waals surface area contributed by atoms with Gasteiger partial charge in [-0.3, -0.25) is 4.79 Å². The number of carbonyl (C=O) groups excluding carboxylic acids is 1. The van der Waals surface area contributed by atoms with E-state index in [9.17, 15) is 48.0 Å². The quantitative estimate of drug-likeness (QED) is 0.540. The van der Waals surface area contributed by atoms with Crippen molar-refractivity contribution < 1.29 is 48.0 Å². The van der Waals surface area contributed by atoms with E-state index in [-0.39, 0.29) is 25.9 Å². The van der Waals surface area contributed by atoms with Gasteiger partial charge in [0.2, 0.25) is 5.91 Å². The second-order valence-corrected chi connectivity index (χ2v) is 14.2. The number of carbonyl (C=O) groups is 1. The number of likely N-dealkylation sites (tertiary alicyclic amines) is 1. The lowest BCUT2D eigenvalue weighted by molar-refractivity contribution is -0.180. The molecule has 2 fully saturated rings. The van der Waals surface area contributed by atoms with E-state index in [0.717, 1.165) is 24.5 Å². The highest BCUT2D eigenvalue weighted by atomic mass is 32.2. The fourth-order valence-corrected chi connectivity index (χ4v) is 7.98. The van der Waals surface area contributed by atoms with Crippen LogP contribution in [0.25, 0.3) is 0 Å². The molecule has 210 valence electrons. The van der Waals surface area contributed by atoms with Gasteiger partial charge in [-0.15, -0.1) is 0 Å². The predicted octanol–water partition coefficient (Wildman–Crippen LogP) is 3.06. The molecule has 2 aliphatic heterocycles. The lowest BCUT2D eigenvalue weighted by Crippen LogP contribution is -2.61. The van der Waals surface area contributed by atoms with Crippen LogP contribution in [0.4, 0.5) is 26.3 Å². The molecule has 2 heterocycles. The van der Waals surface area contributed by atoms with Gasteiger partial charge < -0.3 is 10.2 Å². The zero-order valence-electron chi connectivity index (χ0n) is 20.0. The molecule has 4 atom stereocenters. The molecule has 0 aromatic heterocycles. The Kier molecular flexibility index (Phi) is 8.31. The van der Waals surface area contributed by atoms with Gasteiger partial charge in [0.15, 0.2) is 19.7 Å². The Morgan fingerprint density at radius 2 is 1.65 bits per heavy atom. The van der Waals surface area contributed by atoms with Crippen LogP contribution in [0.2, 0.25) is 0 Å². The summed E-state index contributed by atoms with van der Waals surface area (Å²) in [4.78, 5) is 13.9. The Labute approximate surface area is 211 Å². The number of nitrogens with one attached hydrogen (secondary N) is 1. The van der Waals surface area contributed by atoms with Gasteiger partial charge in [0, 0.05) is 25.9 Å². The summed E-state index contributed by atoms with van der Waals surface area (Å²) in [6.45, 7) is 0.846. The van der Waals surface area contributed by atoms with Crippen LogP contribution in [-0.2, 0) is 30.6 Å². The first-order valence-corrected chi connectivity index (χ1v) is 15.0. The Bertz CT molecular complexity index is 1210. The number of piperidine rings is 2. The third-order valence-corrected chi connectivity index (χ3v) is 11.1. The summed E-state index contributed by atoms with van der Waals surface area (Å²) in [5, 5.41) is -0.181. The van der Waals surface area contributed by atoms with E-state index in [0.29, 0.717) is 6.07 Å². The van der Waals surface area contributed by atoms with E-state index in [2.05, 4.69) is 5.32 Å². The topological polar surface area (TPSA) is 101 Å². The molecule has 7 nitrogen and oxygen atoms in total. The third kappa shape index (κ3) is 6.59. The first-order chi connectivity index (χ1) is 16.8. The maximum absolute atomic E-state index is 13.2. The molecule has 1 aromatic rings. The molecule has 1 aromatic carbocycles. The summed E-state index contributed by atoms with van der Waals surface area (Å²) in [5.41, 5.74) is -1.09. The van der Waals surface area contributed by atoms with Gasteiger partial charge in [-0.25, -0.2) is 16.8 Å². The minimum atomic E-state index is -4.71. The summed E-state index contributed by atoms with van der Waals surface area (Å²) in [6.07, 6.45) is -8.94. The van der Waals surface area contributed by atoms with Crippen molar-refractivity contribution in [2.75, 3.05) is 25.9 Å². The first-order valence-electron chi connectivity index (χ1n) is 11.5. The molecule has 0 bridgehead atoms. The Hall–Kier alpha value is -1.87. The van der Waals surface area contributed by atoms with Crippen LogP contribution >= 0.6 is 0 Å². The lowest BCUT2D eigenvalue weighted by Gasteiger charge is -2.40. The average molecular weight is 579 g/mol. The average Bonchev–Trinajstić information content (AvgIpc) is 2.81. The zero-order chi connectivity index (χ0) is 28.0. The summed E-state index contributed by atoms with van der Waals surface area (Å²) in [6, 6.07) is 2.10. The number of alkyl halides is 6. The molecular formula is C22H28F6N2O5S2. The minimum Gasteiger partial charge on any atom is -0.341 e. The number of rotatable bonds is 5. The first kappa shape index (κ1) is 29.7. The van der Waals surface area contributed by atoms with Crippen LogP contribution in [0.5, 0.6) is 0 Å². The van der Waals surface area contributed by atoms with Crippen LogP contribution in [0.15, 0.2) is 29.2 Å². The molecule has 2 aliphatic rings. The third-order valence-electron chi connectivity index (χ3n) is 7.25. The van der Waals surface area contributed by atoms with Crippen LogP contribution in [0.3, 0.4) is 0 Å². The van der Waals surface area contributed by atoms with Gasteiger partial charge >= 0.3 is 12.4 Å². The molecule has 3 rings (SSSR count). The molecule has 0 radical (unpaired) electrons. The van der Waals surface area contributed by atoms with E-state index in [1.807, 2.05) is 0 Å². The van der Waals surface area contributed by atoms with Gasteiger partial charge in [-0.1, -0.05) is 6.07 Å². The molecule has 0 saturated carbocycles. The molecule has 0 spiro atoms. The molecule has 1 N–H and O–H groups in total. The highest BCUT2D eigenvalue weighted by molar-refractivity contribution is 7.92. The van der Waals surface area contributed by atoms with Crippen LogP contribution < -0.4 is 5.32 Å². The van der Waals surface area contributed by atoms with Crippen molar-refractivity contribution in [3.05, 3.63) is 29.8 Å². The number of hydrogen-bond acceptors (Lipinski definition) is 6. The number of hydrogen-bond donors (Lipinski definition) is 1. The van der Waals surface area contributed by atoms with E-state index in [1.165, 1.54) is 11.8 Å². The van der Waals surface area contributed by atoms with E-state index < -0.39 is 89.7 Å². The van der Waals surface area contributed by atoms with E-state index >= 15 is 0 Å². The molecule has 37 heavy (non-hydrogen) atoms. The van der Waals surface area contributed by atoms with E-state index in [4.69, 9.17) is 0 Å². The SMILES string of the molecule is C[C@@H](C1CCN(C(=O)C2NCC(C(F)(F)F)CC2S(C)(=O)=O)CC1)S(=O)(=O)c1cccc(C(F)(F)F)c1. The predicted molar refractivity (Wildman–Crippen MR) is 122 cm³/mol.